The van der Waals surface area contributed by atoms with Gasteiger partial charge in [-0.1, -0.05) is 13.8 Å². The Balaban J connectivity index is 1.94. The van der Waals surface area contributed by atoms with Crippen molar-refractivity contribution < 1.29 is 14.3 Å². The Hall–Kier alpha value is -1.33. The van der Waals surface area contributed by atoms with Gasteiger partial charge in [-0.15, -0.1) is 0 Å². The van der Waals surface area contributed by atoms with Crippen molar-refractivity contribution in [2.45, 2.75) is 52.6 Å². The second kappa shape index (κ2) is 8.50. The summed E-state index contributed by atoms with van der Waals surface area (Å²) < 4.78 is 5.46. The monoisotopic (exact) mass is 322 g/mol. The fraction of sp³-hybridized carbons (Fsp3) is 0.722. The lowest BCUT2D eigenvalue weighted by molar-refractivity contribution is -0.135. The number of hydrogen-bond acceptors (Lipinski definition) is 4. The van der Waals surface area contributed by atoms with Crippen LogP contribution in [0, 0.1) is 18.8 Å². The first-order valence-electron chi connectivity index (χ1n) is 8.67. The summed E-state index contributed by atoms with van der Waals surface area (Å²) in [5.41, 5.74) is 1.11. The standard InChI is InChI=1S/C18H30N2O3/c1-13(2)10-16(19-11-17-14(3)6-9-23-17)18(22)20-7-4-15(12-21)5-8-20/h6,9,13,15-16,19,21H,4-5,7-8,10-12H2,1-3H3. The van der Waals surface area contributed by atoms with Crippen LogP contribution < -0.4 is 5.32 Å². The molecule has 1 amide bonds. The fourth-order valence-electron chi connectivity index (χ4n) is 3.10. The topological polar surface area (TPSA) is 65.7 Å². The molecule has 1 aliphatic heterocycles. The van der Waals surface area contributed by atoms with Gasteiger partial charge in [0.15, 0.2) is 0 Å². The molecule has 23 heavy (non-hydrogen) atoms. The van der Waals surface area contributed by atoms with Crippen LogP contribution in [0.2, 0.25) is 0 Å². The van der Waals surface area contributed by atoms with Crippen LogP contribution >= 0.6 is 0 Å². The second-order valence-electron chi connectivity index (χ2n) is 7.04. The average molecular weight is 322 g/mol. The third-order valence-electron chi connectivity index (χ3n) is 4.67. The van der Waals surface area contributed by atoms with E-state index in [0.717, 1.165) is 43.7 Å². The van der Waals surface area contributed by atoms with E-state index in [1.165, 1.54) is 0 Å². The molecule has 2 rings (SSSR count). The lowest BCUT2D eigenvalue weighted by Crippen LogP contribution is -2.49. The van der Waals surface area contributed by atoms with Crippen molar-refractivity contribution in [1.82, 2.24) is 10.2 Å². The van der Waals surface area contributed by atoms with Gasteiger partial charge < -0.3 is 14.4 Å². The van der Waals surface area contributed by atoms with Crippen molar-refractivity contribution in [3.05, 3.63) is 23.7 Å². The van der Waals surface area contributed by atoms with Crippen molar-refractivity contribution in [3.63, 3.8) is 0 Å². The van der Waals surface area contributed by atoms with Crippen LogP contribution in [0.25, 0.3) is 0 Å². The molecule has 5 nitrogen and oxygen atoms in total. The van der Waals surface area contributed by atoms with E-state index in [1.54, 1.807) is 6.26 Å². The van der Waals surface area contributed by atoms with Crippen LogP contribution in [0.1, 0.15) is 44.4 Å². The first-order chi connectivity index (χ1) is 11.0. The molecule has 1 atom stereocenters. The minimum Gasteiger partial charge on any atom is -0.468 e. The summed E-state index contributed by atoms with van der Waals surface area (Å²) in [6, 6.07) is 1.76. The van der Waals surface area contributed by atoms with Gasteiger partial charge in [-0.25, -0.2) is 0 Å². The molecule has 1 aromatic rings. The van der Waals surface area contributed by atoms with E-state index in [9.17, 15) is 9.90 Å². The third kappa shape index (κ3) is 5.08. The lowest BCUT2D eigenvalue weighted by Gasteiger charge is -2.34. The van der Waals surface area contributed by atoms with Crippen molar-refractivity contribution in [1.29, 1.82) is 0 Å². The molecule has 0 aromatic carbocycles. The van der Waals surface area contributed by atoms with Gasteiger partial charge in [-0.2, -0.15) is 0 Å². The maximum absolute atomic E-state index is 12.8. The second-order valence-corrected chi connectivity index (χ2v) is 7.04. The van der Waals surface area contributed by atoms with Crippen LogP contribution in [-0.2, 0) is 11.3 Å². The molecule has 0 saturated carbocycles. The van der Waals surface area contributed by atoms with E-state index >= 15 is 0 Å². The number of piperidine rings is 1. The lowest BCUT2D eigenvalue weighted by atomic mass is 9.96. The number of carbonyl (C=O) groups is 1. The normalized spacial score (nSPS) is 17.7. The number of hydrogen-bond donors (Lipinski definition) is 2. The van der Waals surface area contributed by atoms with Gasteiger partial charge in [0.25, 0.3) is 0 Å². The number of nitrogens with one attached hydrogen (secondary N) is 1. The van der Waals surface area contributed by atoms with Gasteiger partial charge in [0.1, 0.15) is 5.76 Å². The number of aryl methyl sites for hydroxylation is 1. The quantitative estimate of drug-likeness (QED) is 0.808. The van der Waals surface area contributed by atoms with Gasteiger partial charge in [-0.05, 0) is 49.7 Å². The minimum atomic E-state index is -0.176. The fourth-order valence-corrected chi connectivity index (χ4v) is 3.10. The summed E-state index contributed by atoms with van der Waals surface area (Å²) in [6.07, 6.45) is 4.30. The molecule has 130 valence electrons. The van der Waals surface area contributed by atoms with Crippen molar-refractivity contribution in [2.24, 2.45) is 11.8 Å². The predicted molar refractivity (Wildman–Crippen MR) is 89.9 cm³/mol. The van der Waals surface area contributed by atoms with E-state index in [1.807, 2.05) is 17.9 Å². The molecular formula is C18H30N2O3. The molecule has 2 heterocycles. The molecule has 0 bridgehead atoms. The predicted octanol–water partition coefficient (Wildman–Crippen LogP) is 2.32. The van der Waals surface area contributed by atoms with E-state index in [4.69, 9.17) is 4.42 Å². The molecule has 0 spiro atoms. The zero-order valence-corrected chi connectivity index (χ0v) is 14.5. The summed E-state index contributed by atoms with van der Waals surface area (Å²) in [7, 11) is 0. The number of aliphatic hydroxyl groups excluding tert-OH is 1. The Bertz CT molecular complexity index is 490. The van der Waals surface area contributed by atoms with Gasteiger partial charge >= 0.3 is 0 Å². The number of nitrogens with zero attached hydrogens (tertiary/aromatic N) is 1. The van der Waals surface area contributed by atoms with Crippen molar-refractivity contribution in [2.75, 3.05) is 19.7 Å². The molecule has 0 radical (unpaired) electrons. The summed E-state index contributed by atoms with van der Waals surface area (Å²) in [6.45, 7) is 8.60. The zero-order chi connectivity index (χ0) is 16.8. The first-order valence-corrected chi connectivity index (χ1v) is 8.67. The number of aliphatic hydroxyl groups is 1. The summed E-state index contributed by atoms with van der Waals surface area (Å²) in [4.78, 5) is 14.8. The highest BCUT2D eigenvalue weighted by atomic mass is 16.3. The van der Waals surface area contributed by atoms with Gasteiger partial charge in [0, 0.05) is 19.7 Å². The van der Waals surface area contributed by atoms with Crippen LogP contribution in [0.3, 0.4) is 0 Å². The summed E-state index contributed by atoms with van der Waals surface area (Å²) >= 11 is 0. The molecule has 1 aliphatic rings. The van der Waals surface area contributed by atoms with E-state index < -0.39 is 0 Å². The van der Waals surface area contributed by atoms with Crippen LogP contribution in [0.15, 0.2) is 16.7 Å². The molecule has 0 aliphatic carbocycles. The number of furan rings is 1. The highest BCUT2D eigenvalue weighted by molar-refractivity contribution is 5.82. The molecule has 5 heteroatoms. The van der Waals surface area contributed by atoms with Crippen molar-refractivity contribution in [3.8, 4) is 0 Å². The Labute approximate surface area is 139 Å². The summed E-state index contributed by atoms with van der Waals surface area (Å²) in [5, 5.41) is 12.6. The molecule has 2 N–H and O–H groups in total. The van der Waals surface area contributed by atoms with Crippen LogP contribution in [0.5, 0.6) is 0 Å². The SMILES string of the molecule is Cc1ccoc1CNC(CC(C)C)C(=O)N1CCC(CO)CC1. The Kier molecular flexibility index (Phi) is 6.66. The zero-order valence-electron chi connectivity index (χ0n) is 14.5. The number of rotatable bonds is 7. The van der Waals surface area contributed by atoms with E-state index in [2.05, 4.69) is 19.2 Å². The highest BCUT2D eigenvalue weighted by Crippen LogP contribution is 2.19. The largest absolute Gasteiger partial charge is 0.468 e. The van der Waals surface area contributed by atoms with Gasteiger partial charge in [0.2, 0.25) is 5.91 Å². The number of amides is 1. The van der Waals surface area contributed by atoms with Crippen molar-refractivity contribution >= 4 is 5.91 Å². The maximum Gasteiger partial charge on any atom is 0.239 e. The van der Waals surface area contributed by atoms with Gasteiger partial charge in [-0.3, -0.25) is 10.1 Å². The number of likely N-dealkylation sites (tertiary alicyclic amines) is 1. The Morgan fingerprint density at radius 3 is 2.65 bits per heavy atom. The van der Waals surface area contributed by atoms with E-state index in [-0.39, 0.29) is 18.6 Å². The average Bonchev–Trinajstić information content (AvgIpc) is 2.95. The van der Waals surface area contributed by atoms with Crippen LogP contribution in [-0.4, -0.2) is 41.7 Å². The smallest absolute Gasteiger partial charge is 0.239 e. The van der Waals surface area contributed by atoms with Crippen LogP contribution in [0.4, 0.5) is 0 Å². The highest BCUT2D eigenvalue weighted by Gasteiger charge is 2.28. The van der Waals surface area contributed by atoms with Gasteiger partial charge in [0.05, 0.1) is 18.8 Å². The maximum atomic E-state index is 12.8. The first kappa shape index (κ1) is 18.0. The Morgan fingerprint density at radius 2 is 2.13 bits per heavy atom. The van der Waals surface area contributed by atoms with E-state index in [0.29, 0.717) is 18.4 Å². The molecule has 1 saturated heterocycles. The molecule has 1 fully saturated rings. The minimum absolute atomic E-state index is 0.176. The Morgan fingerprint density at radius 1 is 1.43 bits per heavy atom. The molecular weight excluding hydrogens is 292 g/mol. The summed E-state index contributed by atoms with van der Waals surface area (Å²) in [5.74, 6) is 1.87. The number of carbonyl (C=O) groups excluding carboxylic acids is 1. The molecule has 1 unspecified atom stereocenters. The third-order valence-corrected chi connectivity index (χ3v) is 4.67. The molecule has 1 aromatic heterocycles.